The molecule has 0 unspecified atom stereocenters. The Morgan fingerprint density at radius 2 is 2.10 bits per heavy atom. The molecule has 21 heavy (non-hydrogen) atoms. The molecule has 3 nitrogen and oxygen atoms in total. The molecular formula is C17H23N3S. The Bertz CT molecular complexity index is 573. The summed E-state index contributed by atoms with van der Waals surface area (Å²) in [4.78, 5) is 1.38. The summed E-state index contributed by atoms with van der Waals surface area (Å²) in [7, 11) is 0. The molecule has 1 aliphatic rings. The van der Waals surface area contributed by atoms with Crippen molar-refractivity contribution in [2.45, 2.75) is 55.8 Å². The molecule has 1 aromatic heterocycles. The van der Waals surface area contributed by atoms with Crippen molar-refractivity contribution in [2.75, 3.05) is 5.32 Å². The fourth-order valence-electron chi connectivity index (χ4n) is 2.77. The van der Waals surface area contributed by atoms with Gasteiger partial charge in [0.25, 0.3) is 0 Å². The van der Waals surface area contributed by atoms with E-state index >= 15 is 0 Å². The van der Waals surface area contributed by atoms with Crippen molar-refractivity contribution in [3.05, 3.63) is 42.2 Å². The van der Waals surface area contributed by atoms with Gasteiger partial charge in [-0.05, 0) is 31.9 Å². The minimum atomic E-state index is 0.802. The normalized spacial score (nSPS) is 15.5. The molecule has 2 aromatic rings. The molecule has 0 spiro atoms. The Balaban J connectivity index is 1.64. The van der Waals surface area contributed by atoms with Gasteiger partial charge in [0.15, 0.2) is 0 Å². The third-order valence-electron chi connectivity index (χ3n) is 3.98. The van der Waals surface area contributed by atoms with Gasteiger partial charge in [0.1, 0.15) is 0 Å². The van der Waals surface area contributed by atoms with Crippen LogP contribution >= 0.6 is 11.8 Å². The number of rotatable bonds is 6. The number of aryl methyl sites for hydroxylation is 1. The molecule has 0 bridgehead atoms. The van der Waals surface area contributed by atoms with E-state index in [4.69, 9.17) is 0 Å². The number of thioether (sulfide) groups is 1. The molecule has 4 heteroatoms. The lowest BCUT2D eigenvalue weighted by molar-refractivity contribution is 0.659. The Kier molecular flexibility index (Phi) is 4.86. The third-order valence-corrected chi connectivity index (χ3v) is 5.39. The van der Waals surface area contributed by atoms with Crippen molar-refractivity contribution in [2.24, 2.45) is 0 Å². The number of benzene rings is 1. The first-order chi connectivity index (χ1) is 10.3. The lowest BCUT2D eigenvalue weighted by Crippen LogP contribution is -2.01. The number of aromatic nitrogens is 2. The van der Waals surface area contributed by atoms with Crippen LogP contribution in [-0.2, 0) is 13.1 Å². The molecular weight excluding hydrogens is 278 g/mol. The van der Waals surface area contributed by atoms with Crippen LogP contribution in [0.5, 0.6) is 0 Å². The maximum atomic E-state index is 4.32. The van der Waals surface area contributed by atoms with E-state index in [1.807, 2.05) is 22.6 Å². The summed E-state index contributed by atoms with van der Waals surface area (Å²) in [5.74, 6) is 0. The lowest BCUT2D eigenvalue weighted by atomic mass is 10.3. The van der Waals surface area contributed by atoms with Crippen molar-refractivity contribution in [1.82, 2.24) is 9.78 Å². The quantitative estimate of drug-likeness (QED) is 0.849. The van der Waals surface area contributed by atoms with E-state index in [1.54, 1.807) is 0 Å². The topological polar surface area (TPSA) is 29.9 Å². The first-order valence-corrected chi connectivity index (χ1v) is 8.74. The van der Waals surface area contributed by atoms with E-state index in [-0.39, 0.29) is 0 Å². The fourth-order valence-corrected chi connectivity index (χ4v) is 4.12. The zero-order chi connectivity index (χ0) is 14.5. The van der Waals surface area contributed by atoms with Crippen LogP contribution in [0.4, 0.5) is 5.69 Å². The smallest absolute Gasteiger partial charge is 0.0539 e. The van der Waals surface area contributed by atoms with Gasteiger partial charge >= 0.3 is 0 Å². The van der Waals surface area contributed by atoms with Gasteiger partial charge in [-0.25, -0.2) is 0 Å². The van der Waals surface area contributed by atoms with Crippen LogP contribution in [0.3, 0.4) is 0 Å². The molecule has 0 saturated heterocycles. The van der Waals surface area contributed by atoms with Crippen molar-refractivity contribution in [1.29, 1.82) is 0 Å². The number of nitrogens with one attached hydrogen (secondary N) is 1. The second-order valence-electron chi connectivity index (χ2n) is 5.58. The Labute approximate surface area is 131 Å². The molecule has 0 aliphatic heterocycles. The lowest BCUT2D eigenvalue weighted by Gasteiger charge is -2.14. The number of hydrogen-bond donors (Lipinski definition) is 1. The van der Waals surface area contributed by atoms with Crippen LogP contribution < -0.4 is 5.32 Å². The highest BCUT2D eigenvalue weighted by molar-refractivity contribution is 8.00. The van der Waals surface area contributed by atoms with Crippen molar-refractivity contribution >= 4 is 17.4 Å². The highest BCUT2D eigenvalue weighted by Gasteiger charge is 2.17. The zero-order valence-electron chi connectivity index (χ0n) is 12.6. The van der Waals surface area contributed by atoms with Gasteiger partial charge in [-0.3, -0.25) is 4.68 Å². The van der Waals surface area contributed by atoms with E-state index in [1.165, 1.54) is 41.8 Å². The predicted molar refractivity (Wildman–Crippen MR) is 89.8 cm³/mol. The average Bonchev–Trinajstić information content (AvgIpc) is 3.17. The maximum absolute atomic E-state index is 4.32. The Hall–Kier alpha value is -1.42. The monoisotopic (exact) mass is 301 g/mol. The second kappa shape index (κ2) is 7.03. The summed E-state index contributed by atoms with van der Waals surface area (Å²) >= 11 is 2.04. The summed E-state index contributed by atoms with van der Waals surface area (Å²) in [6, 6.07) is 8.66. The summed E-state index contributed by atoms with van der Waals surface area (Å²) in [6.45, 7) is 3.87. The van der Waals surface area contributed by atoms with Crippen LogP contribution in [0.2, 0.25) is 0 Å². The minimum Gasteiger partial charge on any atom is -0.380 e. The first kappa shape index (κ1) is 14.5. The average molecular weight is 301 g/mol. The number of nitrogens with zero attached hydrogens (tertiary/aromatic N) is 2. The summed E-state index contributed by atoms with van der Waals surface area (Å²) in [5.41, 5.74) is 2.48. The molecule has 0 radical (unpaired) electrons. The zero-order valence-corrected chi connectivity index (χ0v) is 13.4. The summed E-state index contributed by atoms with van der Waals surface area (Å²) in [6.07, 6.45) is 9.57. The Morgan fingerprint density at radius 3 is 2.86 bits per heavy atom. The van der Waals surface area contributed by atoms with Crippen LogP contribution in [0.25, 0.3) is 0 Å². The van der Waals surface area contributed by atoms with Crippen LogP contribution in [0.1, 0.15) is 38.2 Å². The number of anilines is 1. The molecule has 0 atom stereocenters. The minimum absolute atomic E-state index is 0.802. The van der Waals surface area contributed by atoms with Gasteiger partial charge in [0.2, 0.25) is 0 Å². The highest BCUT2D eigenvalue weighted by atomic mass is 32.2. The van der Waals surface area contributed by atoms with Gasteiger partial charge in [-0.1, -0.05) is 25.0 Å². The third kappa shape index (κ3) is 3.82. The highest BCUT2D eigenvalue weighted by Crippen LogP contribution is 2.38. The van der Waals surface area contributed by atoms with Crippen molar-refractivity contribution in [3.63, 3.8) is 0 Å². The van der Waals surface area contributed by atoms with Crippen LogP contribution in [0.15, 0.2) is 41.6 Å². The summed E-state index contributed by atoms with van der Waals surface area (Å²) in [5, 5.41) is 8.69. The number of hydrogen-bond acceptors (Lipinski definition) is 3. The van der Waals surface area contributed by atoms with Gasteiger partial charge in [-0.15, -0.1) is 11.8 Å². The molecule has 1 aromatic carbocycles. The van der Waals surface area contributed by atoms with Gasteiger partial charge < -0.3 is 5.32 Å². The van der Waals surface area contributed by atoms with Gasteiger partial charge in [0.05, 0.1) is 6.20 Å². The molecule has 112 valence electrons. The molecule has 1 N–H and O–H groups in total. The fraction of sp³-hybridized carbons (Fsp3) is 0.471. The van der Waals surface area contributed by atoms with Crippen LogP contribution in [-0.4, -0.2) is 15.0 Å². The maximum Gasteiger partial charge on any atom is 0.0539 e. The van der Waals surface area contributed by atoms with E-state index in [9.17, 15) is 0 Å². The van der Waals surface area contributed by atoms with Gasteiger partial charge in [0, 0.05) is 40.7 Å². The van der Waals surface area contributed by atoms with Crippen molar-refractivity contribution in [3.8, 4) is 0 Å². The Morgan fingerprint density at radius 1 is 1.29 bits per heavy atom. The van der Waals surface area contributed by atoms with E-state index in [0.29, 0.717) is 0 Å². The molecule has 1 aliphatic carbocycles. The van der Waals surface area contributed by atoms with Gasteiger partial charge in [-0.2, -0.15) is 5.10 Å². The van der Waals surface area contributed by atoms with Crippen molar-refractivity contribution < 1.29 is 0 Å². The number of para-hydroxylation sites is 1. The van der Waals surface area contributed by atoms with E-state index in [2.05, 4.69) is 47.8 Å². The first-order valence-electron chi connectivity index (χ1n) is 7.86. The second-order valence-corrected chi connectivity index (χ2v) is 6.92. The standard InChI is InChI=1S/C17H23N3S/c1-2-20-13-14(12-19-20)11-18-16-9-5-6-10-17(16)21-15-7-3-4-8-15/h5-6,9-10,12-13,15,18H,2-4,7-8,11H2,1H3. The van der Waals surface area contributed by atoms with Crippen LogP contribution in [0, 0.1) is 0 Å². The predicted octanol–water partition coefficient (Wildman–Crippen LogP) is 4.55. The molecule has 1 fully saturated rings. The molecule has 0 amide bonds. The molecule has 3 rings (SSSR count). The van der Waals surface area contributed by atoms with E-state index < -0.39 is 0 Å². The van der Waals surface area contributed by atoms with E-state index in [0.717, 1.165) is 18.3 Å². The summed E-state index contributed by atoms with van der Waals surface area (Å²) < 4.78 is 1.97. The SMILES string of the molecule is CCn1cc(CNc2ccccc2SC2CCCC2)cn1. The molecule has 1 saturated carbocycles. The molecule has 1 heterocycles. The largest absolute Gasteiger partial charge is 0.380 e.